The van der Waals surface area contributed by atoms with Crippen molar-refractivity contribution in [1.29, 1.82) is 0 Å². The number of rotatable bonds is 16. The molecule has 0 saturated heterocycles. The van der Waals surface area contributed by atoms with E-state index in [2.05, 4.69) is 25.7 Å². The summed E-state index contributed by atoms with van der Waals surface area (Å²) in [5.74, 6) is -2.15. The van der Waals surface area contributed by atoms with Gasteiger partial charge in [-0.15, -0.1) is 0 Å². The van der Waals surface area contributed by atoms with Crippen molar-refractivity contribution in [2.45, 2.75) is 96.8 Å². The zero-order valence-electron chi connectivity index (χ0n) is 16.7. The van der Waals surface area contributed by atoms with Crippen molar-refractivity contribution in [3.8, 4) is 0 Å². The smallest absolute Gasteiger partial charge is 0.550 e. The van der Waals surface area contributed by atoms with E-state index >= 15 is 0 Å². The summed E-state index contributed by atoms with van der Waals surface area (Å²) >= 11 is 0. The SMILES string of the molecule is C=CC(=O)[O-].CCCCCCCC/C=C\CCCCCCCC(=O)[O-].[Zn+2]. The van der Waals surface area contributed by atoms with Crippen LogP contribution in [0.25, 0.3) is 0 Å². The second kappa shape index (κ2) is 26.3. The number of carbonyl (C=O) groups excluding carboxylic acids is 2. The van der Waals surface area contributed by atoms with Crippen LogP contribution in [0.3, 0.4) is 0 Å². The van der Waals surface area contributed by atoms with Gasteiger partial charge in [0.1, 0.15) is 0 Å². The Kier molecular flexibility index (Phi) is 30.1. The Morgan fingerprint density at radius 3 is 1.54 bits per heavy atom. The fourth-order valence-corrected chi connectivity index (χ4v) is 2.34. The molecule has 0 rings (SSSR count). The molecule has 26 heavy (non-hydrogen) atoms. The van der Waals surface area contributed by atoms with Gasteiger partial charge in [-0.1, -0.05) is 77.0 Å². The Morgan fingerprint density at radius 2 is 1.15 bits per heavy atom. The zero-order chi connectivity index (χ0) is 19.2. The number of hydrogen-bond donors (Lipinski definition) is 0. The second-order valence-corrected chi connectivity index (χ2v) is 6.23. The molecule has 0 heterocycles. The van der Waals surface area contributed by atoms with Gasteiger partial charge in [0, 0.05) is 5.97 Å². The molecular weight excluding hydrogens is 382 g/mol. The molecule has 0 aromatic carbocycles. The number of carboxylic acids is 2. The molecule has 0 radical (unpaired) electrons. The average molecular weight is 418 g/mol. The van der Waals surface area contributed by atoms with Crippen LogP contribution in [-0.4, -0.2) is 11.9 Å². The standard InChI is InChI=1S/C18H34O2.C3H4O2.Zn/c1-2-3-4-5-6-7-8-9-10-11-12-13-14-15-16-17-18(19)20;1-2-3(4)5;/h9-10H,2-8,11-17H2,1H3,(H,19,20);2H,1H2,(H,4,5);/q;;+2/p-2/b10-9-;;. The molecule has 146 valence electrons. The Hall–Kier alpha value is -0.957. The molecule has 0 amide bonds. The van der Waals surface area contributed by atoms with Crippen molar-refractivity contribution >= 4 is 11.9 Å². The molecule has 0 unspecified atom stereocenters. The molecule has 0 fully saturated rings. The minimum Gasteiger partial charge on any atom is -0.550 e. The van der Waals surface area contributed by atoms with Crippen molar-refractivity contribution in [3.63, 3.8) is 0 Å². The minimum atomic E-state index is -1.23. The molecule has 0 aliphatic rings. The van der Waals surface area contributed by atoms with Crippen molar-refractivity contribution in [1.82, 2.24) is 0 Å². The molecule has 0 aromatic rings. The van der Waals surface area contributed by atoms with Gasteiger partial charge in [-0.25, -0.2) is 0 Å². The van der Waals surface area contributed by atoms with Gasteiger partial charge in [-0.2, -0.15) is 0 Å². The summed E-state index contributed by atoms with van der Waals surface area (Å²) in [4.78, 5) is 19.4. The van der Waals surface area contributed by atoms with E-state index in [9.17, 15) is 9.90 Å². The number of hydrogen-bond acceptors (Lipinski definition) is 4. The van der Waals surface area contributed by atoms with E-state index in [0.29, 0.717) is 0 Å². The van der Waals surface area contributed by atoms with Crippen LogP contribution in [0.15, 0.2) is 24.8 Å². The first-order valence-corrected chi connectivity index (χ1v) is 9.72. The van der Waals surface area contributed by atoms with Crippen LogP contribution in [0.2, 0.25) is 0 Å². The third-order valence-electron chi connectivity index (χ3n) is 3.81. The Labute approximate surface area is 172 Å². The number of allylic oxidation sites excluding steroid dienone is 2. The van der Waals surface area contributed by atoms with Crippen LogP contribution >= 0.6 is 0 Å². The average Bonchev–Trinajstić information content (AvgIpc) is 2.58. The summed E-state index contributed by atoms with van der Waals surface area (Å²) in [6, 6.07) is 0. The number of carboxylic acid groups (broad SMARTS) is 2. The topological polar surface area (TPSA) is 80.3 Å². The van der Waals surface area contributed by atoms with Gasteiger partial charge < -0.3 is 19.8 Å². The van der Waals surface area contributed by atoms with Crippen molar-refractivity contribution in [2.24, 2.45) is 0 Å². The van der Waals surface area contributed by atoms with E-state index in [1.165, 1.54) is 64.2 Å². The van der Waals surface area contributed by atoms with Crippen LogP contribution < -0.4 is 10.2 Å². The molecule has 4 nitrogen and oxygen atoms in total. The quantitative estimate of drug-likeness (QED) is 0.166. The zero-order valence-corrected chi connectivity index (χ0v) is 19.6. The fourth-order valence-electron chi connectivity index (χ4n) is 2.34. The minimum absolute atomic E-state index is 0. The summed E-state index contributed by atoms with van der Waals surface area (Å²) in [7, 11) is 0. The molecule has 0 aliphatic heterocycles. The van der Waals surface area contributed by atoms with E-state index in [1.54, 1.807) is 0 Å². The Balaban J connectivity index is -0.000000772. The van der Waals surface area contributed by atoms with Gasteiger partial charge in [-0.05, 0) is 44.6 Å². The van der Waals surface area contributed by atoms with Gasteiger partial charge in [0.2, 0.25) is 0 Å². The monoisotopic (exact) mass is 416 g/mol. The first-order chi connectivity index (χ1) is 12.0. The summed E-state index contributed by atoms with van der Waals surface area (Å²) in [6.45, 7) is 5.15. The summed E-state index contributed by atoms with van der Waals surface area (Å²) < 4.78 is 0. The van der Waals surface area contributed by atoms with Gasteiger partial charge in [0.05, 0.1) is 5.97 Å². The molecule has 0 spiro atoms. The molecule has 0 aromatic heterocycles. The van der Waals surface area contributed by atoms with Gasteiger partial charge in [0.15, 0.2) is 0 Å². The van der Waals surface area contributed by atoms with E-state index in [0.717, 1.165) is 25.3 Å². The first-order valence-electron chi connectivity index (χ1n) is 9.72. The maximum absolute atomic E-state index is 10.2. The molecule has 0 aliphatic carbocycles. The summed E-state index contributed by atoms with van der Waals surface area (Å²) in [6.07, 6.45) is 21.6. The largest absolute Gasteiger partial charge is 2.00 e. The number of unbranched alkanes of at least 4 members (excludes halogenated alkanes) is 11. The van der Waals surface area contributed by atoms with Gasteiger partial charge in [0.25, 0.3) is 0 Å². The van der Waals surface area contributed by atoms with Crippen LogP contribution in [0, 0.1) is 0 Å². The first kappa shape index (κ1) is 29.8. The predicted molar refractivity (Wildman–Crippen MR) is 99.7 cm³/mol. The fraction of sp³-hybridized carbons (Fsp3) is 0.714. The Morgan fingerprint density at radius 1 is 0.769 bits per heavy atom. The number of aliphatic carboxylic acids is 2. The third kappa shape index (κ3) is 34.4. The van der Waals surface area contributed by atoms with Crippen molar-refractivity contribution in [2.75, 3.05) is 0 Å². The molecule has 0 saturated carbocycles. The predicted octanol–water partition coefficient (Wildman–Crippen LogP) is 3.69. The molecule has 0 bridgehead atoms. The van der Waals surface area contributed by atoms with E-state index in [4.69, 9.17) is 9.90 Å². The van der Waals surface area contributed by atoms with Gasteiger partial charge in [-0.3, -0.25) is 0 Å². The normalized spacial score (nSPS) is 9.88. The van der Waals surface area contributed by atoms with Gasteiger partial charge >= 0.3 is 19.5 Å². The summed E-state index contributed by atoms with van der Waals surface area (Å²) in [5, 5.41) is 19.4. The molecular formula is C21H36O4Zn. The maximum Gasteiger partial charge on any atom is 2.00 e. The molecule has 5 heteroatoms. The van der Waals surface area contributed by atoms with E-state index in [-0.39, 0.29) is 25.9 Å². The van der Waals surface area contributed by atoms with Crippen LogP contribution in [0.4, 0.5) is 0 Å². The van der Waals surface area contributed by atoms with Crippen LogP contribution in [0.5, 0.6) is 0 Å². The summed E-state index contributed by atoms with van der Waals surface area (Å²) in [5.41, 5.74) is 0. The maximum atomic E-state index is 10.2. The van der Waals surface area contributed by atoms with Crippen molar-refractivity contribution in [3.05, 3.63) is 24.8 Å². The van der Waals surface area contributed by atoms with Crippen LogP contribution in [-0.2, 0) is 29.1 Å². The van der Waals surface area contributed by atoms with Crippen molar-refractivity contribution < 1.29 is 39.3 Å². The third-order valence-corrected chi connectivity index (χ3v) is 3.81. The Bertz CT molecular complexity index is 354. The van der Waals surface area contributed by atoms with E-state index in [1.807, 2.05) is 0 Å². The second-order valence-electron chi connectivity index (χ2n) is 6.23. The van der Waals surface area contributed by atoms with Crippen LogP contribution in [0.1, 0.15) is 96.8 Å². The van der Waals surface area contributed by atoms with E-state index < -0.39 is 11.9 Å². The number of carbonyl (C=O) groups is 2. The molecule has 0 N–H and O–H groups in total. The molecule has 0 atom stereocenters.